The lowest BCUT2D eigenvalue weighted by atomic mass is 9.85. The van der Waals surface area contributed by atoms with Crippen LogP contribution in [0.15, 0.2) is 0 Å². The van der Waals surface area contributed by atoms with E-state index in [2.05, 4.69) is 36.3 Å². The van der Waals surface area contributed by atoms with Crippen molar-refractivity contribution in [2.45, 2.75) is 37.8 Å². The molecule has 0 amide bonds. The fourth-order valence-corrected chi connectivity index (χ4v) is 3.60. The number of likely N-dealkylation sites (tertiary alicyclic amines) is 1. The summed E-state index contributed by atoms with van der Waals surface area (Å²) in [7, 11) is 6.76. The van der Waals surface area contributed by atoms with Gasteiger partial charge in [0.1, 0.15) is 0 Å². The Morgan fingerprint density at radius 1 is 1.25 bits per heavy atom. The summed E-state index contributed by atoms with van der Waals surface area (Å²) in [5.74, 6) is 0.851. The molecule has 2 aliphatic rings. The van der Waals surface area contributed by atoms with E-state index in [4.69, 9.17) is 0 Å². The second-order valence-electron chi connectivity index (χ2n) is 5.82. The molecule has 1 N–H and O–H groups in total. The first kappa shape index (κ1) is 12.3. The lowest BCUT2D eigenvalue weighted by Gasteiger charge is -2.41. The van der Waals surface area contributed by atoms with Crippen molar-refractivity contribution in [1.82, 2.24) is 15.1 Å². The van der Waals surface area contributed by atoms with Gasteiger partial charge in [-0.05, 0) is 65.8 Å². The molecule has 2 fully saturated rings. The lowest BCUT2D eigenvalue weighted by molar-refractivity contribution is 0.0998. The SMILES string of the molecule is CN1CCCC(C(C2CCCN2)N(C)C)C1. The number of nitrogens with one attached hydrogen (secondary N) is 1. The van der Waals surface area contributed by atoms with Crippen molar-refractivity contribution in [3.05, 3.63) is 0 Å². The third-order valence-electron chi connectivity index (χ3n) is 4.25. The predicted molar refractivity (Wildman–Crippen MR) is 68.7 cm³/mol. The molecule has 0 saturated carbocycles. The minimum Gasteiger partial charge on any atom is -0.312 e. The second-order valence-corrected chi connectivity index (χ2v) is 5.82. The lowest BCUT2D eigenvalue weighted by Crippen LogP contribution is -2.52. The highest BCUT2D eigenvalue weighted by Gasteiger charge is 2.34. The van der Waals surface area contributed by atoms with Crippen LogP contribution in [0.5, 0.6) is 0 Å². The zero-order chi connectivity index (χ0) is 11.5. The number of likely N-dealkylation sites (N-methyl/N-ethyl adjacent to an activating group) is 1. The number of nitrogens with zero attached hydrogens (tertiary/aromatic N) is 2. The Bertz CT molecular complexity index is 211. The summed E-state index contributed by atoms with van der Waals surface area (Å²) < 4.78 is 0. The maximum atomic E-state index is 3.69. The third-order valence-corrected chi connectivity index (χ3v) is 4.25. The van der Waals surface area contributed by atoms with Crippen LogP contribution >= 0.6 is 0 Å². The maximum absolute atomic E-state index is 3.69. The van der Waals surface area contributed by atoms with Crippen LogP contribution in [-0.2, 0) is 0 Å². The van der Waals surface area contributed by atoms with Crippen LogP contribution in [0.2, 0.25) is 0 Å². The van der Waals surface area contributed by atoms with Gasteiger partial charge in [0.15, 0.2) is 0 Å². The van der Waals surface area contributed by atoms with E-state index >= 15 is 0 Å². The Morgan fingerprint density at radius 2 is 2.06 bits per heavy atom. The quantitative estimate of drug-likeness (QED) is 0.773. The van der Waals surface area contributed by atoms with E-state index in [0.717, 1.165) is 18.0 Å². The zero-order valence-electron chi connectivity index (χ0n) is 11.1. The van der Waals surface area contributed by atoms with E-state index in [1.807, 2.05) is 0 Å². The van der Waals surface area contributed by atoms with Gasteiger partial charge in [-0.1, -0.05) is 0 Å². The standard InChI is InChI=1S/C13H27N3/c1-15(2)13(12-7-4-8-14-12)11-6-5-9-16(3)10-11/h11-14H,4-10H2,1-3H3. The van der Waals surface area contributed by atoms with Crippen LogP contribution in [0.4, 0.5) is 0 Å². The van der Waals surface area contributed by atoms with Gasteiger partial charge in [0, 0.05) is 18.6 Å². The molecule has 2 saturated heterocycles. The van der Waals surface area contributed by atoms with Crippen molar-refractivity contribution in [2.24, 2.45) is 5.92 Å². The van der Waals surface area contributed by atoms with Gasteiger partial charge in [-0.3, -0.25) is 0 Å². The molecule has 0 spiro atoms. The summed E-state index contributed by atoms with van der Waals surface area (Å²) in [6.45, 7) is 3.79. The van der Waals surface area contributed by atoms with Crippen LogP contribution in [0.25, 0.3) is 0 Å². The molecule has 3 unspecified atom stereocenters. The molecule has 2 aliphatic heterocycles. The van der Waals surface area contributed by atoms with Crippen molar-refractivity contribution in [1.29, 1.82) is 0 Å². The first-order chi connectivity index (χ1) is 7.68. The number of hydrogen-bond acceptors (Lipinski definition) is 3. The molecular weight excluding hydrogens is 198 g/mol. The van der Waals surface area contributed by atoms with E-state index in [9.17, 15) is 0 Å². The first-order valence-electron chi connectivity index (χ1n) is 6.77. The van der Waals surface area contributed by atoms with Crippen molar-refractivity contribution in [3.8, 4) is 0 Å². The Balaban J connectivity index is 1.99. The molecule has 3 atom stereocenters. The fourth-order valence-electron chi connectivity index (χ4n) is 3.60. The molecule has 0 aromatic heterocycles. The van der Waals surface area contributed by atoms with Crippen molar-refractivity contribution in [3.63, 3.8) is 0 Å². The van der Waals surface area contributed by atoms with E-state index in [-0.39, 0.29) is 0 Å². The van der Waals surface area contributed by atoms with Crippen molar-refractivity contribution < 1.29 is 0 Å². The molecule has 16 heavy (non-hydrogen) atoms. The largest absolute Gasteiger partial charge is 0.312 e. The summed E-state index contributed by atoms with van der Waals surface area (Å²) in [5.41, 5.74) is 0. The van der Waals surface area contributed by atoms with Crippen LogP contribution < -0.4 is 5.32 Å². The highest BCUT2D eigenvalue weighted by molar-refractivity contribution is 4.93. The second kappa shape index (κ2) is 5.48. The van der Waals surface area contributed by atoms with Gasteiger partial charge in [0.2, 0.25) is 0 Å². The van der Waals surface area contributed by atoms with Gasteiger partial charge in [-0.15, -0.1) is 0 Å². The highest BCUT2D eigenvalue weighted by atomic mass is 15.2. The molecule has 0 aromatic rings. The van der Waals surface area contributed by atoms with E-state index in [1.165, 1.54) is 45.3 Å². The molecular formula is C13H27N3. The Labute approximate surface area is 100 Å². The van der Waals surface area contributed by atoms with Gasteiger partial charge >= 0.3 is 0 Å². The number of hydrogen-bond donors (Lipinski definition) is 1. The minimum atomic E-state index is 0.727. The van der Waals surface area contributed by atoms with Crippen LogP contribution in [0.3, 0.4) is 0 Å². The Morgan fingerprint density at radius 3 is 2.62 bits per heavy atom. The highest BCUT2D eigenvalue weighted by Crippen LogP contribution is 2.26. The van der Waals surface area contributed by atoms with Gasteiger partial charge in [0.25, 0.3) is 0 Å². The summed E-state index contributed by atoms with van der Waals surface area (Å²) in [5, 5.41) is 3.69. The third kappa shape index (κ3) is 2.76. The van der Waals surface area contributed by atoms with Gasteiger partial charge in [-0.25, -0.2) is 0 Å². The molecule has 3 heteroatoms. The summed E-state index contributed by atoms with van der Waals surface area (Å²) in [6.07, 6.45) is 5.50. The zero-order valence-corrected chi connectivity index (χ0v) is 11.1. The molecule has 0 bridgehead atoms. The number of rotatable bonds is 3. The number of piperidine rings is 1. The monoisotopic (exact) mass is 225 g/mol. The van der Waals surface area contributed by atoms with E-state index in [0.29, 0.717) is 0 Å². The molecule has 3 nitrogen and oxygen atoms in total. The Hall–Kier alpha value is -0.120. The summed E-state index contributed by atoms with van der Waals surface area (Å²) in [6, 6.07) is 1.46. The molecule has 0 aliphatic carbocycles. The van der Waals surface area contributed by atoms with E-state index < -0.39 is 0 Å². The van der Waals surface area contributed by atoms with Crippen molar-refractivity contribution in [2.75, 3.05) is 40.8 Å². The molecule has 94 valence electrons. The van der Waals surface area contributed by atoms with Gasteiger partial charge < -0.3 is 15.1 Å². The fraction of sp³-hybridized carbons (Fsp3) is 1.00. The van der Waals surface area contributed by atoms with E-state index in [1.54, 1.807) is 0 Å². The Kier molecular flexibility index (Phi) is 4.22. The first-order valence-corrected chi connectivity index (χ1v) is 6.77. The normalized spacial score (nSPS) is 34.5. The van der Waals surface area contributed by atoms with Gasteiger partial charge in [0.05, 0.1) is 0 Å². The summed E-state index contributed by atoms with van der Waals surface area (Å²) in [4.78, 5) is 4.95. The molecule has 2 rings (SSSR count). The average molecular weight is 225 g/mol. The smallest absolute Gasteiger partial charge is 0.0283 e. The predicted octanol–water partition coefficient (Wildman–Crippen LogP) is 1.01. The molecule has 0 aromatic carbocycles. The van der Waals surface area contributed by atoms with Gasteiger partial charge in [-0.2, -0.15) is 0 Å². The topological polar surface area (TPSA) is 18.5 Å². The van der Waals surface area contributed by atoms with Crippen LogP contribution in [0.1, 0.15) is 25.7 Å². The average Bonchev–Trinajstić information content (AvgIpc) is 2.71. The minimum absolute atomic E-state index is 0.727. The molecule has 0 radical (unpaired) electrons. The molecule has 2 heterocycles. The van der Waals surface area contributed by atoms with Crippen molar-refractivity contribution >= 4 is 0 Å². The summed E-state index contributed by atoms with van der Waals surface area (Å²) >= 11 is 0. The van der Waals surface area contributed by atoms with Crippen LogP contribution in [-0.4, -0.2) is 62.7 Å². The maximum Gasteiger partial charge on any atom is 0.0283 e. The van der Waals surface area contributed by atoms with Crippen LogP contribution in [0, 0.1) is 5.92 Å².